The number of aryl methyl sites for hydroxylation is 2. The van der Waals surface area contributed by atoms with Crippen LogP contribution in [0.1, 0.15) is 49.8 Å². The Bertz CT molecular complexity index is 588. The summed E-state index contributed by atoms with van der Waals surface area (Å²) in [5.74, 6) is 0.857. The lowest BCUT2D eigenvalue weighted by molar-refractivity contribution is 0.666. The Morgan fingerprint density at radius 1 is 1.14 bits per heavy atom. The molecule has 2 aromatic rings. The normalized spacial score (nSPS) is 11.0. The van der Waals surface area contributed by atoms with Gasteiger partial charge in [0.1, 0.15) is 6.33 Å². The summed E-state index contributed by atoms with van der Waals surface area (Å²) in [5.41, 5.74) is 4.69. The van der Waals surface area contributed by atoms with Crippen LogP contribution in [0, 0.1) is 6.92 Å². The third kappa shape index (κ3) is 3.47. The Kier molecular flexibility index (Phi) is 5.44. The van der Waals surface area contributed by atoms with Gasteiger partial charge in [-0.1, -0.05) is 20.8 Å². The average molecular weight is 287 g/mol. The molecule has 0 bridgehead atoms. The van der Waals surface area contributed by atoms with Crippen molar-refractivity contribution in [3.8, 4) is 5.82 Å². The summed E-state index contributed by atoms with van der Waals surface area (Å²) in [6.45, 7) is 10.4. The van der Waals surface area contributed by atoms with Crippen LogP contribution in [0.15, 0.2) is 12.4 Å². The molecule has 5 nitrogen and oxygen atoms in total. The topological polar surface area (TPSA) is 55.6 Å². The van der Waals surface area contributed by atoms with Crippen LogP contribution in [-0.2, 0) is 19.4 Å². The molecule has 0 amide bonds. The highest BCUT2D eigenvalue weighted by Gasteiger charge is 2.16. The minimum atomic E-state index is 0.857. The standard InChI is InChI=1S/C16H25N5/c1-5-8-17-10-13-14(6-2)20-21(15(13)7-3)16-9-12(4)18-11-19-16/h9,11,17H,5-8,10H2,1-4H3. The van der Waals surface area contributed by atoms with E-state index in [9.17, 15) is 0 Å². The first-order chi connectivity index (χ1) is 10.2. The molecule has 0 aromatic carbocycles. The molecule has 21 heavy (non-hydrogen) atoms. The highest BCUT2D eigenvalue weighted by atomic mass is 15.3. The van der Waals surface area contributed by atoms with Crippen LogP contribution in [-0.4, -0.2) is 26.3 Å². The molecular formula is C16H25N5. The molecule has 2 heterocycles. The molecule has 2 aromatic heterocycles. The van der Waals surface area contributed by atoms with Gasteiger partial charge in [-0.25, -0.2) is 14.6 Å². The summed E-state index contributed by atoms with van der Waals surface area (Å²) in [5, 5.41) is 8.27. The molecule has 0 unspecified atom stereocenters. The van der Waals surface area contributed by atoms with Crippen molar-refractivity contribution in [2.24, 2.45) is 0 Å². The van der Waals surface area contributed by atoms with Gasteiger partial charge in [0, 0.05) is 23.9 Å². The summed E-state index contributed by atoms with van der Waals surface area (Å²) in [7, 11) is 0. The third-order valence-corrected chi connectivity index (χ3v) is 3.58. The van der Waals surface area contributed by atoms with Crippen molar-refractivity contribution in [2.75, 3.05) is 6.54 Å². The molecule has 0 saturated heterocycles. The van der Waals surface area contributed by atoms with Crippen LogP contribution >= 0.6 is 0 Å². The molecule has 0 aliphatic heterocycles. The zero-order chi connectivity index (χ0) is 15.2. The summed E-state index contributed by atoms with van der Waals surface area (Å²) in [6, 6.07) is 1.98. The molecule has 114 valence electrons. The van der Waals surface area contributed by atoms with Crippen LogP contribution in [0.3, 0.4) is 0 Å². The van der Waals surface area contributed by atoms with Gasteiger partial charge in [0.15, 0.2) is 5.82 Å². The number of hydrogen-bond acceptors (Lipinski definition) is 4. The van der Waals surface area contributed by atoms with Gasteiger partial charge in [-0.2, -0.15) is 5.10 Å². The lowest BCUT2D eigenvalue weighted by Crippen LogP contribution is -2.16. The fourth-order valence-electron chi connectivity index (χ4n) is 2.52. The van der Waals surface area contributed by atoms with E-state index in [1.54, 1.807) is 6.33 Å². The van der Waals surface area contributed by atoms with Crippen LogP contribution < -0.4 is 5.32 Å². The first-order valence-corrected chi connectivity index (χ1v) is 7.80. The predicted octanol–water partition coefficient (Wildman–Crippen LogP) is 2.60. The number of nitrogens with one attached hydrogen (secondary N) is 1. The highest BCUT2D eigenvalue weighted by molar-refractivity contribution is 5.34. The maximum atomic E-state index is 4.78. The second kappa shape index (κ2) is 7.31. The molecule has 0 atom stereocenters. The Balaban J connectivity index is 2.42. The summed E-state index contributed by atoms with van der Waals surface area (Å²) < 4.78 is 1.98. The molecule has 0 fully saturated rings. The first kappa shape index (κ1) is 15.6. The van der Waals surface area contributed by atoms with Crippen molar-refractivity contribution in [3.05, 3.63) is 35.0 Å². The Hall–Kier alpha value is -1.75. The molecule has 0 saturated carbocycles. The van der Waals surface area contributed by atoms with E-state index in [1.165, 1.54) is 11.3 Å². The van der Waals surface area contributed by atoms with Crippen LogP contribution in [0.25, 0.3) is 5.82 Å². The summed E-state index contributed by atoms with van der Waals surface area (Å²) >= 11 is 0. The number of aromatic nitrogens is 4. The Morgan fingerprint density at radius 2 is 1.95 bits per heavy atom. The lowest BCUT2D eigenvalue weighted by Gasteiger charge is -2.08. The van der Waals surface area contributed by atoms with Crippen LogP contribution in [0.5, 0.6) is 0 Å². The fraction of sp³-hybridized carbons (Fsp3) is 0.562. The van der Waals surface area contributed by atoms with Crippen LogP contribution in [0.4, 0.5) is 0 Å². The van der Waals surface area contributed by atoms with Crippen molar-refractivity contribution in [1.82, 2.24) is 25.1 Å². The van der Waals surface area contributed by atoms with Crippen molar-refractivity contribution < 1.29 is 0 Å². The molecule has 0 aliphatic carbocycles. The smallest absolute Gasteiger partial charge is 0.157 e. The van der Waals surface area contributed by atoms with Crippen molar-refractivity contribution in [2.45, 2.75) is 53.5 Å². The minimum Gasteiger partial charge on any atom is -0.313 e. The van der Waals surface area contributed by atoms with E-state index in [1.807, 2.05) is 17.7 Å². The van der Waals surface area contributed by atoms with Gasteiger partial charge in [0.25, 0.3) is 0 Å². The van der Waals surface area contributed by atoms with Gasteiger partial charge in [-0.3, -0.25) is 0 Å². The molecule has 0 spiro atoms. The zero-order valence-electron chi connectivity index (χ0n) is 13.5. The van der Waals surface area contributed by atoms with E-state index >= 15 is 0 Å². The fourth-order valence-corrected chi connectivity index (χ4v) is 2.52. The predicted molar refractivity (Wildman–Crippen MR) is 84.6 cm³/mol. The largest absolute Gasteiger partial charge is 0.313 e. The molecular weight excluding hydrogens is 262 g/mol. The number of rotatable bonds is 7. The van der Waals surface area contributed by atoms with Gasteiger partial charge in [0.2, 0.25) is 0 Å². The van der Waals surface area contributed by atoms with E-state index < -0.39 is 0 Å². The minimum absolute atomic E-state index is 0.857. The third-order valence-electron chi connectivity index (χ3n) is 3.58. The van der Waals surface area contributed by atoms with Crippen molar-refractivity contribution in [3.63, 3.8) is 0 Å². The maximum absolute atomic E-state index is 4.78. The SMILES string of the molecule is CCCNCc1c(CC)nn(-c2cc(C)ncn2)c1CC. The molecule has 0 radical (unpaired) electrons. The summed E-state index contributed by atoms with van der Waals surface area (Å²) in [6.07, 6.45) is 4.63. The number of nitrogens with zero attached hydrogens (tertiary/aromatic N) is 4. The monoisotopic (exact) mass is 287 g/mol. The number of hydrogen-bond donors (Lipinski definition) is 1. The molecule has 5 heteroatoms. The molecule has 0 aliphatic rings. The van der Waals surface area contributed by atoms with E-state index in [0.717, 1.165) is 49.6 Å². The molecule has 2 rings (SSSR count). The van der Waals surface area contributed by atoms with E-state index in [2.05, 4.69) is 36.1 Å². The zero-order valence-corrected chi connectivity index (χ0v) is 13.5. The van der Waals surface area contributed by atoms with Gasteiger partial charge < -0.3 is 5.32 Å². The average Bonchev–Trinajstić information content (AvgIpc) is 2.85. The quantitative estimate of drug-likeness (QED) is 0.795. The summed E-state index contributed by atoms with van der Waals surface area (Å²) in [4.78, 5) is 8.54. The van der Waals surface area contributed by atoms with Gasteiger partial charge in [0.05, 0.1) is 11.4 Å². The van der Waals surface area contributed by atoms with Crippen LogP contribution in [0.2, 0.25) is 0 Å². The van der Waals surface area contributed by atoms with Gasteiger partial charge in [-0.05, 0) is 32.7 Å². The highest BCUT2D eigenvalue weighted by Crippen LogP contribution is 2.19. The van der Waals surface area contributed by atoms with Crippen molar-refractivity contribution in [1.29, 1.82) is 0 Å². The lowest BCUT2D eigenvalue weighted by atomic mass is 10.1. The Labute approximate surface area is 126 Å². The van der Waals surface area contributed by atoms with E-state index in [0.29, 0.717) is 0 Å². The van der Waals surface area contributed by atoms with E-state index in [-0.39, 0.29) is 0 Å². The van der Waals surface area contributed by atoms with E-state index in [4.69, 9.17) is 5.10 Å². The second-order valence-electron chi connectivity index (χ2n) is 5.19. The first-order valence-electron chi connectivity index (χ1n) is 7.80. The van der Waals surface area contributed by atoms with Crippen molar-refractivity contribution >= 4 is 0 Å². The maximum Gasteiger partial charge on any atom is 0.157 e. The van der Waals surface area contributed by atoms with Gasteiger partial charge >= 0.3 is 0 Å². The molecule has 1 N–H and O–H groups in total. The Morgan fingerprint density at radius 3 is 2.57 bits per heavy atom. The van der Waals surface area contributed by atoms with Gasteiger partial charge in [-0.15, -0.1) is 0 Å². The second-order valence-corrected chi connectivity index (χ2v) is 5.19.